The zero-order valence-corrected chi connectivity index (χ0v) is 80.6. The second kappa shape index (κ2) is 33.9. The summed E-state index contributed by atoms with van der Waals surface area (Å²) in [5.41, 5.74) is 40.4. The summed E-state index contributed by atoms with van der Waals surface area (Å²) in [6.07, 6.45) is 10.8. The first kappa shape index (κ1) is 86.1. The molecule has 0 atom stereocenters. The van der Waals surface area contributed by atoms with Gasteiger partial charge in [0, 0.05) is 113 Å². The Balaban J connectivity index is 0.000000101. The highest BCUT2D eigenvalue weighted by Crippen LogP contribution is 2.47. The van der Waals surface area contributed by atoms with Crippen molar-refractivity contribution in [3.05, 3.63) is 387 Å². The molecule has 0 amide bonds. The first-order valence-corrected chi connectivity index (χ1v) is 46.7. The third kappa shape index (κ3) is 15.1. The number of rotatable bonds is 5. The molecule has 0 bridgehead atoms. The van der Waals surface area contributed by atoms with Gasteiger partial charge in [-0.3, -0.25) is 0 Å². The molecule has 10 nitrogen and oxygen atoms in total. The predicted molar refractivity (Wildman–Crippen MR) is 560 cm³/mol. The van der Waals surface area contributed by atoms with Crippen LogP contribution in [0.25, 0.3) is 220 Å². The number of aromatic nitrogens is 5. The molecule has 10 aromatic heterocycles. The van der Waals surface area contributed by atoms with E-state index in [1.54, 1.807) is 0 Å². The number of pyridine rings is 5. The molecule has 15 aromatic carbocycles. The van der Waals surface area contributed by atoms with Crippen molar-refractivity contribution in [1.29, 1.82) is 0 Å². The van der Waals surface area contributed by atoms with Gasteiger partial charge in [0.2, 0.25) is 28.5 Å². The van der Waals surface area contributed by atoms with Gasteiger partial charge in [0.1, 0.15) is 91.1 Å². The van der Waals surface area contributed by atoms with Crippen LogP contribution < -0.4 is 22.8 Å². The Kier molecular flexibility index (Phi) is 21.6. The van der Waals surface area contributed by atoms with Crippen molar-refractivity contribution in [2.24, 2.45) is 35.2 Å². The fourth-order valence-electron chi connectivity index (χ4n) is 21.2. The van der Waals surface area contributed by atoms with Gasteiger partial charge in [-0.05, 0) is 297 Å². The molecular weight excluding hydrogens is 1650 g/mol. The van der Waals surface area contributed by atoms with Crippen LogP contribution in [0.15, 0.2) is 326 Å². The fourth-order valence-corrected chi connectivity index (χ4v) is 21.2. The van der Waals surface area contributed by atoms with Gasteiger partial charge in [-0.25, -0.2) is 22.8 Å². The van der Waals surface area contributed by atoms with E-state index in [2.05, 4.69) is 466 Å². The highest BCUT2D eigenvalue weighted by Gasteiger charge is 2.30. The summed E-state index contributed by atoms with van der Waals surface area (Å²) < 4.78 is 43.3. The SMILES string of the molecule is Cc1cc(-c2c(C)cc(C)c3c2oc2cc4ccccc4cc23)[n+](C)cc1C.Cc1cc(-c2c(C)ccc3c2oc2cc4ccccc4cc23)[n+](C)cc1C.Cc1cc(C)c2c(oc3cc4ccccc4cc32)c1-c1cccc[n+]1C.Cc1cc[n+](C)c(-c2c(C)cc(C)c3c2oc2cc4ccccc4cc23)c1.Cc1ccc(-c2c(C)cc(C)c3c2oc2cc4ccccc4cc23)[n+](C)c1. The van der Waals surface area contributed by atoms with Gasteiger partial charge in [0.25, 0.3) is 0 Å². The van der Waals surface area contributed by atoms with Gasteiger partial charge < -0.3 is 22.1 Å². The Bertz CT molecular complexity index is 9260. The van der Waals surface area contributed by atoms with E-state index in [0.29, 0.717) is 0 Å². The predicted octanol–water partition coefficient (Wildman–Crippen LogP) is 30.8. The monoisotopic (exact) mass is 1760 g/mol. The van der Waals surface area contributed by atoms with Gasteiger partial charge >= 0.3 is 0 Å². The number of fused-ring (bicyclic) bond motifs is 20. The summed E-state index contributed by atoms with van der Waals surface area (Å²) in [5, 5.41) is 24.3. The molecule has 660 valence electrons. The lowest BCUT2D eigenvalue weighted by Crippen LogP contribution is -2.31. The molecule has 0 saturated heterocycles. The second-order valence-electron chi connectivity index (χ2n) is 37.9. The first-order chi connectivity index (χ1) is 65.1. The number of nitrogens with zero attached hydrogens (tertiary/aromatic N) is 5. The maximum absolute atomic E-state index is 6.52. The van der Waals surface area contributed by atoms with E-state index in [1.807, 2.05) is 0 Å². The van der Waals surface area contributed by atoms with E-state index < -0.39 is 0 Å². The lowest BCUT2D eigenvalue weighted by molar-refractivity contribution is -0.660. The smallest absolute Gasteiger partial charge is 0.216 e. The first-order valence-electron chi connectivity index (χ1n) is 46.7. The summed E-state index contributed by atoms with van der Waals surface area (Å²) in [6, 6.07) is 97.5. The molecule has 135 heavy (non-hydrogen) atoms. The van der Waals surface area contributed by atoms with E-state index in [4.69, 9.17) is 22.1 Å². The van der Waals surface area contributed by atoms with Crippen LogP contribution in [0.2, 0.25) is 0 Å². The van der Waals surface area contributed by atoms with Crippen LogP contribution in [0.5, 0.6) is 0 Å². The normalized spacial score (nSPS) is 11.7. The van der Waals surface area contributed by atoms with E-state index in [9.17, 15) is 0 Å². The lowest BCUT2D eigenvalue weighted by atomic mass is 9.95. The zero-order chi connectivity index (χ0) is 93.5. The van der Waals surface area contributed by atoms with Crippen molar-refractivity contribution in [2.75, 3.05) is 0 Å². The summed E-state index contributed by atoms with van der Waals surface area (Å²) in [4.78, 5) is 0. The average molecular weight is 1760 g/mol. The number of aryl methyl sites for hydroxylation is 20. The quantitative estimate of drug-likeness (QED) is 0.160. The molecule has 0 radical (unpaired) electrons. The molecule has 0 unspecified atom stereocenters. The Morgan fingerprint density at radius 2 is 0.459 bits per heavy atom. The molecule has 0 N–H and O–H groups in total. The molecular formula is C125H110N5O5+5. The largest absolute Gasteiger partial charge is 0.455 e. The Morgan fingerprint density at radius 3 is 0.815 bits per heavy atom. The summed E-state index contributed by atoms with van der Waals surface area (Å²) in [7, 11) is 10.5. The van der Waals surface area contributed by atoms with Crippen LogP contribution in [-0.2, 0) is 35.2 Å². The Morgan fingerprint density at radius 1 is 0.170 bits per heavy atom. The van der Waals surface area contributed by atoms with Gasteiger partial charge in [-0.15, -0.1) is 0 Å². The van der Waals surface area contributed by atoms with E-state index in [-0.39, 0.29) is 0 Å². The minimum Gasteiger partial charge on any atom is -0.455 e. The molecule has 10 heterocycles. The van der Waals surface area contributed by atoms with Crippen molar-refractivity contribution in [3.8, 4) is 56.3 Å². The summed E-state index contributed by atoms with van der Waals surface area (Å²) in [5.74, 6) is 0. The maximum atomic E-state index is 6.52. The number of hydrogen-bond acceptors (Lipinski definition) is 5. The van der Waals surface area contributed by atoms with Crippen LogP contribution in [0.1, 0.15) is 83.5 Å². The number of hydrogen-bond donors (Lipinski definition) is 0. The highest BCUT2D eigenvalue weighted by atomic mass is 16.3. The molecule has 0 aliphatic heterocycles. The van der Waals surface area contributed by atoms with Gasteiger partial charge in [0.05, 0.1) is 27.8 Å². The molecule has 25 rings (SSSR count). The fraction of sp³-hybridized carbons (Fsp3) is 0.160. The van der Waals surface area contributed by atoms with Crippen molar-refractivity contribution in [2.45, 2.75) is 104 Å². The molecule has 0 saturated carbocycles. The van der Waals surface area contributed by atoms with E-state index >= 15 is 0 Å². The van der Waals surface area contributed by atoms with Crippen molar-refractivity contribution in [3.63, 3.8) is 0 Å². The van der Waals surface area contributed by atoms with Crippen LogP contribution in [-0.4, -0.2) is 0 Å². The number of benzene rings is 15. The summed E-state index contributed by atoms with van der Waals surface area (Å²) in [6.45, 7) is 32.5. The minimum absolute atomic E-state index is 0.946. The van der Waals surface area contributed by atoms with Crippen LogP contribution in [0.4, 0.5) is 0 Å². The zero-order valence-electron chi connectivity index (χ0n) is 80.6. The van der Waals surface area contributed by atoms with Crippen molar-refractivity contribution >= 4 is 164 Å². The standard InChI is InChI=1S/C26H24NO.3C25H22NO.C24H20NO/c1-15-11-22(27(5)14-18(15)4)25-17(3)10-16(2)24-21-12-19-8-6-7-9-20(19)13-23(21)28-26(24)25;1-15-9-10-20-21-12-18-7-5-6-8-19(18)13-23(21)27-25(20)24(15)22-11-16(2)17(3)14-26(22)4;1-15-9-10-21(26(4)14-15)24-17(3)11-16(2)23-20-12-18-7-5-6-8-19(18)13-22(20)27-25(23)24;1-15-9-10-26(4)21(11-15)24-17(3)12-16(2)23-20-13-18-7-5-6-8-19(18)14-22(20)27-25(23)24;1-15-12-16(2)23(20-10-6-7-11-25(20)3)24-22(15)19-13-17-8-4-5-9-18(17)14-21(19)26-24/h6-14H,1-5H3;3*5-14H,1-4H3;4-14H,1-3H3/q5*+1. The highest BCUT2D eigenvalue weighted by molar-refractivity contribution is 6.20. The third-order valence-electron chi connectivity index (χ3n) is 28.1. The van der Waals surface area contributed by atoms with Gasteiger partial charge in [0.15, 0.2) is 31.0 Å². The topological polar surface area (TPSA) is 85.1 Å². The third-order valence-corrected chi connectivity index (χ3v) is 28.1. The molecule has 0 aliphatic rings. The van der Waals surface area contributed by atoms with Crippen molar-refractivity contribution < 1.29 is 44.9 Å². The minimum atomic E-state index is 0.946. The second-order valence-corrected chi connectivity index (χ2v) is 37.9. The van der Waals surface area contributed by atoms with Crippen LogP contribution in [0.3, 0.4) is 0 Å². The summed E-state index contributed by atoms with van der Waals surface area (Å²) >= 11 is 0. The number of furan rings is 5. The molecule has 25 aromatic rings. The Labute approximate surface area is 786 Å². The molecule has 0 spiro atoms. The average Bonchev–Trinajstić information content (AvgIpc) is 1.62. The molecule has 0 fully saturated rings. The van der Waals surface area contributed by atoms with E-state index in [1.165, 1.54) is 247 Å². The van der Waals surface area contributed by atoms with Crippen LogP contribution >= 0.6 is 0 Å². The van der Waals surface area contributed by atoms with Gasteiger partial charge in [-0.1, -0.05) is 158 Å². The van der Waals surface area contributed by atoms with Crippen molar-refractivity contribution in [1.82, 2.24) is 0 Å². The van der Waals surface area contributed by atoms with E-state index in [0.717, 1.165) is 55.8 Å². The lowest BCUT2D eigenvalue weighted by Gasteiger charge is -2.09. The van der Waals surface area contributed by atoms with Crippen LogP contribution in [0, 0.1) is 104 Å². The maximum Gasteiger partial charge on any atom is 0.216 e. The Hall–Kier alpha value is -15.7. The molecule has 10 heteroatoms. The molecule has 0 aliphatic carbocycles. The van der Waals surface area contributed by atoms with Gasteiger partial charge in [-0.2, -0.15) is 0 Å².